The van der Waals surface area contributed by atoms with E-state index in [-0.39, 0.29) is 25.0 Å². The molecule has 2 aromatic rings. The van der Waals surface area contributed by atoms with Gasteiger partial charge in [0.2, 0.25) is 0 Å². The third-order valence-electron chi connectivity index (χ3n) is 3.77. The summed E-state index contributed by atoms with van der Waals surface area (Å²) in [5, 5.41) is 3.25. The molecule has 1 aliphatic heterocycles. The van der Waals surface area contributed by atoms with Crippen LogP contribution in [-0.4, -0.2) is 38.1 Å². The average Bonchev–Trinajstić information content (AvgIpc) is 2.63. The number of ether oxygens (including phenoxy) is 2. The van der Waals surface area contributed by atoms with Crippen LogP contribution in [-0.2, 0) is 9.59 Å². The molecular weight excluding hydrogens is 344 g/mol. The second-order valence-corrected chi connectivity index (χ2v) is 5.95. The molecule has 1 atom stereocenters. The van der Waals surface area contributed by atoms with Crippen molar-refractivity contribution in [2.45, 2.75) is 6.10 Å². The summed E-state index contributed by atoms with van der Waals surface area (Å²) in [6, 6.07) is 14.0. The SMILES string of the molecule is CN1C(=O)C(CNC(=O)COc2ccc(Cl)cc2)Oc2ccccc21. The van der Waals surface area contributed by atoms with Crippen LogP contribution < -0.4 is 19.7 Å². The van der Waals surface area contributed by atoms with Crippen LogP contribution in [0.5, 0.6) is 11.5 Å². The maximum absolute atomic E-state index is 12.3. The normalized spacial score (nSPS) is 16.0. The Labute approximate surface area is 150 Å². The highest BCUT2D eigenvalue weighted by atomic mass is 35.5. The Bertz CT molecular complexity index is 779. The van der Waals surface area contributed by atoms with Crippen molar-refractivity contribution in [2.24, 2.45) is 0 Å². The molecule has 0 aromatic heterocycles. The van der Waals surface area contributed by atoms with Gasteiger partial charge in [0.15, 0.2) is 12.7 Å². The fourth-order valence-corrected chi connectivity index (χ4v) is 2.56. The van der Waals surface area contributed by atoms with Crippen LogP contribution in [0.15, 0.2) is 48.5 Å². The van der Waals surface area contributed by atoms with E-state index in [4.69, 9.17) is 21.1 Å². The van der Waals surface area contributed by atoms with Gasteiger partial charge in [-0.2, -0.15) is 0 Å². The maximum atomic E-state index is 12.3. The summed E-state index contributed by atoms with van der Waals surface area (Å²) in [5.41, 5.74) is 0.709. The van der Waals surface area contributed by atoms with Gasteiger partial charge in [-0.3, -0.25) is 9.59 Å². The molecular formula is C18H17ClN2O4. The van der Waals surface area contributed by atoms with Gasteiger partial charge in [0.25, 0.3) is 11.8 Å². The average molecular weight is 361 g/mol. The number of nitrogens with one attached hydrogen (secondary N) is 1. The number of anilines is 1. The minimum absolute atomic E-state index is 0.0698. The predicted molar refractivity (Wildman–Crippen MR) is 94.2 cm³/mol. The standard InChI is InChI=1S/C18H17ClN2O4/c1-21-14-4-2-3-5-15(14)25-16(18(21)23)10-20-17(22)11-24-13-8-6-12(19)7-9-13/h2-9,16H,10-11H2,1H3,(H,20,22). The van der Waals surface area contributed by atoms with E-state index in [2.05, 4.69) is 5.32 Å². The molecule has 1 unspecified atom stereocenters. The quantitative estimate of drug-likeness (QED) is 0.888. The number of nitrogens with zero attached hydrogens (tertiary/aromatic N) is 1. The van der Waals surface area contributed by atoms with Gasteiger partial charge in [0, 0.05) is 12.1 Å². The monoisotopic (exact) mass is 360 g/mol. The van der Waals surface area contributed by atoms with Gasteiger partial charge >= 0.3 is 0 Å². The largest absolute Gasteiger partial charge is 0.484 e. The van der Waals surface area contributed by atoms with E-state index in [9.17, 15) is 9.59 Å². The molecule has 0 fully saturated rings. The van der Waals surface area contributed by atoms with Crippen LogP contribution >= 0.6 is 11.6 Å². The lowest BCUT2D eigenvalue weighted by Crippen LogP contribution is -2.50. The Kier molecular flexibility index (Phi) is 5.09. The molecule has 0 radical (unpaired) electrons. The lowest BCUT2D eigenvalue weighted by atomic mass is 10.2. The van der Waals surface area contributed by atoms with E-state index in [1.807, 2.05) is 18.2 Å². The molecule has 1 heterocycles. The van der Waals surface area contributed by atoms with Crippen LogP contribution in [0.3, 0.4) is 0 Å². The molecule has 130 valence electrons. The van der Waals surface area contributed by atoms with Crippen molar-refractivity contribution in [3.63, 3.8) is 0 Å². The minimum atomic E-state index is -0.764. The van der Waals surface area contributed by atoms with Crippen molar-refractivity contribution < 1.29 is 19.1 Å². The van der Waals surface area contributed by atoms with Crippen LogP contribution in [0.2, 0.25) is 5.02 Å². The number of rotatable bonds is 5. The van der Waals surface area contributed by atoms with Gasteiger partial charge in [-0.1, -0.05) is 23.7 Å². The summed E-state index contributed by atoms with van der Waals surface area (Å²) in [6.45, 7) is -0.0880. The van der Waals surface area contributed by atoms with Crippen molar-refractivity contribution in [3.8, 4) is 11.5 Å². The molecule has 0 spiro atoms. The summed E-state index contributed by atoms with van der Waals surface area (Å²) in [7, 11) is 1.68. The maximum Gasteiger partial charge on any atom is 0.269 e. The number of likely N-dealkylation sites (N-methyl/N-ethyl adjacent to an activating group) is 1. The van der Waals surface area contributed by atoms with Gasteiger partial charge in [-0.15, -0.1) is 0 Å². The zero-order valence-corrected chi connectivity index (χ0v) is 14.3. The number of hydrogen-bond donors (Lipinski definition) is 1. The van der Waals surface area contributed by atoms with E-state index in [1.165, 1.54) is 4.90 Å². The highest BCUT2D eigenvalue weighted by Crippen LogP contribution is 2.32. The van der Waals surface area contributed by atoms with Crippen LogP contribution in [0.25, 0.3) is 0 Å². The molecule has 3 rings (SSSR count). The molecule has 6 nitrogen and oxygen atoms in total. The highest BCUT2D eigenvalue weighted by Gasteiger charge is 2.32. The van der Waals surface area contributed by atoms with E-state index in [0.717, 1.165) is 0 Å². The Hall–Kier alpha value is -2.73. The Balaban J connectivity index is 1.52. The fourth-order valence-electron chi connectivity index (χ4n) is 2.44. The number of amides is 2. The minimum Gasteiger partial charge on any atom is -0.484 e. The third-order valence-corrected chi connectivity index (χ3v) is 4.02. The molecule has 0 saturated carbocycles. The number of fused-ring (bicyclic) bond motifs is 1. The molecule has 1 aliphatic rings. The van der Waals surface area contributed by atoms with Crippen molar-refractivity contribution in [3.05, 3.63) is 53.6 Å². The second-order valence-electron chi connectivity index (χ2n) is 5.52. The zero-order chi connectivity index (χ0) is 17.8. The van der Waals surface area contributed by atoms with Crippen LogP contribution in [0.4, 0.5) is 5.69 Å². The van der Waals surface area contributed by atoms with Crippen molar-refractivity contribution in [1.82, 2.24) is 5.32 Å². The van der Waals surface area contributed by atoms with Gasteiger partial charge in [-0.25, -0.2) is 0 Å². The van der Waals surface area contributed by atoms with Crippen molar-refractivity contribution >= 4 is 29.1 Å². The van der Waals surface area contributed by atoms with Crippen molar-refractivity contribution in [1.29, 1.82) is 0 Å². The van der Waals surface area contributed by atoms with Gasteiger partial charge in [0.1, 0.15) is 11.5 Å². The van der Waals surface area contributed by atoms with Gasteiger partial charge < -0.3 is 19.7 Å². The first-order chi connectivity index (χ1) is 12.0. The predicted octanol–water partition coefficient (Wildman–Crippen LogP) is 2.26. The number of carbonyl (C=O) groups is 2. The fraction of sp³-hybridized carbons (Fsp3) is 0.222. The van der Waals surface area contributed by atoms with Crippen LogP contribution in [0, 0.1) is 0 Å². The lowest BCUT2D eigenvalue weighted by Gasteiger charge is -2.31. The number of carbonyl (C=O) groups excluding carboxylic acids is 2. The number of benzene rings is 2. The number of halogens is 1. The molecule has 2 aromatic carbocycles. The zero-order valence-electron chi connectivity index (χ0n) is 13.6. The number of para-hydroxylation sites is 2. The smallest absolute Gasteiger partial charge is 0.269 e. The molecule has 1 N–H and O–H groups in total. The second kappa shape index (κ2) is 7.44. The summed E-state index contributed by atoms with van der Waals surface area (Å²) < 4.78 is 11.0. The van der Waals surface area contributed by atoms with Gasteiger partial charge in [0.05, 0.1) is 12.2 Å². The van der Waals surface area contributed by atoms with Crippen molar-refractivity contribution in [2.75, 3.05) is 25.1 Å². The molecule has 25 heavy (non-hydrogen) atoms. The van der Waals surface area contributed by atoms with Gasteiger partial charge in [-0.05, 0) is 36.4 Å². The molecule has 0 aliphatic carbocycles. The van der Waals surface area contributed by atoms with E-state index in [0.29, 0.717) is 22.2 Å². The number of hydrogen-bond acceptors (Lipinski definition) is 4. The third kappa shape index (κ3) is 4.03. The van der Waals surface area contributed by atoms with Crippen LogP contribution in [0.1, 0.15) is 0 Å². The first-order valence-corrected chi connectivity index (χ1v) is 8.10. The summed E-state index contributed by atoms with van der Waals surface area (Å²) in [6.07, 6.45) is -0.764. The molecule has 0 bridgehead atoms. The first-order valence-electron chi connectivity index (χ1n) is 7.73. The molecule has 0 saturated heterocycles. The first kappa shape index (κ1) is 17.1. The van der Waals surface area contributed by atoms with E-state index >= 15 is 0 Å². The Morgan fingerprint density at radius 2 is 1.96 bits per heavy atom. The summed E-state index contributed by atoms with van der Waals surface area (Å²) in [4.78, 5) is 25.8. The highest BCUT2D eigenvalue weighted by molar-refractivity contribution is 6.30. The Morgan fingerprint density at radius 1 is 1.24 bits per heavy atom. The van der Waals surface area contributed by atoms with E-state index < -0.39 is 6.10 Å². The Morgan fingerprint density at radius 3 is 2.72 bits per heavy atom. The lowest BCUT2D eigenvalue weighted by molar-refractivity contribution is -0.127. The molecule has 7 heteroatoms. The molecule has 2 amide bonds. The van der Waals surface area contributed by atoms with E-state index in [1.54, 1.807) is 37.4 Å². The summed E-state index contributed by atoms with van der Waals surface area (Å²) >= 11 is 5.79. The topological polar surface area (TPSA) is 67.9 Å². The summed E-state index contributed by atoms with van der Waals surface area (Å²) in [5.74, 6) is 0.602.